The number of fused-ring (bicyclic) bond motifs is 1. The van der Waals surface area contributed by atoms with E-state index in [0.29, 0.717) is 11.6 Å². The quantitative estimate of drug-likeness (QED) is 0.792. The second-order valence-electron chi connectivity index (χ2n) is 3.81. The normalized spacial score (nSPS) is 15.8. The molecule has 1 saturated carbocycles. The zero-order chi connectivity index (χ0) is 10.4. The molecule has 2 aromatic heterocycles. The average molecular weight is 205 g/mol. The van der Waals surface area contributed by atoms with Crippen molar-refractivity contribution >= 4 is 5.65 Å². The number of nitrogens with zero attached hydrogens (tertiary/aromatic N) is 2. The summed E-state index contributed by atoms with van der Waals surface area (Å²) in [4.78, 5) is 15.9. The minimum absolute atomic E-state index is 0.186. The fourth-order valence-electron chi connectivity index (χ4n) is 1.71. The highest BCUT2D eigenvalue weighted by molar-refractivity contribution is 5.42. The van der Waals surface area contributed by atoms with Crippen LogP contribution in [0.5, 0.6) is 5.75 Å². The molecule has 0 amide bonds. The minimum Gasteiger partial charge on any atom is -0.490 e. The van der Waals surface area contributed by atoms with E-state index in [2.05, 4.69) is 10.1 Å². The molecule has 3 rings (SSSR count). The van der Waals surface area contributed by atoms with Gasteiger partial charge in [-0.25, -0.2) is 4.98 Å². The largest absolute Gasteiger partial charge is 0.490 e. The Kier molecular flexibility index (Phi) is 1.62. The van der Waals surface area contributed by atoms with Gasteiger partial charge in [0.25, 0.3) is 0 Å². The summed E-state index contributed by atoms with van der Waals surface area (Å²) in [7, 11) is 1.47. The first-order chi connectivity index (χ1) is 7.29. The lowest BCUT2D eigenvalue weighted by atomic mass is 10.3. The van der Waals surface area contributed by atoms with E-state index >= 15 is 0 Å². The van der Waals surface area contributed by atoms with Gasteiger partial charge in [0.05, 0.1) is 13.3 Å². The Balaban J connectivity index is 2.25. The van der Waals surface area contributed by atoms with Crippen molar-refractivity contribution in [1.29, 1.82) is 0 Å². The first kappa shape index (κ1) is 8.52. The smallest absolute Gasteiger partial charge is 0.315 e. The SMILES string of the molecule is COc1cnc2cc(C3CC3)[nH]n2c1=O. The lowest BCUT2D eigenvalue weighted by Crippen LogP contribution is -2.16. The van der Waals surface area contributed by atoms with Gasteiger partial charge >= 0.3 is 5.56 Å². The first-order valence-corrected chi connectivity index (χ1v) is 4.94. The van der Waals surface area contributed by atoms with Crippen LogP contribution < -0.4 is 10.3 Å². The molecule has 0 spiro atoms. The van der Waals surface area contributed by atoms with Gasteiger partial charge in [-0.05, 0) is 12.8 Å². The fourth-order valence-corrected chi connectivity index (χ4v) is 1.71. The summed E-state index contributed by atoms with van der Waals surface area (Å²) in [6.07, 6.45) is 3.85. The summed E-state index contributed by atoms with van der Waals surface area (Å²) in [5, 5.41) is 3.06. The van der Waals surface area contributed by atoms with E-state index in [0.717, 1.165) is 5.69 Å². The number of aromatic nitrogens is 3. The Bertz CT molecular complexity index is 566. The average Bonchev–Trinajstić information content (AvgIpc) is 2.99. The molecule has 0 saturated heterocycles. The molecule has 78 valence electrons. The third-order valence-electron chi connectivity index (χ3n) is 2.72. The second kappa shape index (κ2) is 2.85. The molecule has 5 nitrogen and oxygen atoms in total. The third kappa shape index (κ3) is 1.23. The van der Waals surface area contributed by atoms with E-state index in [4.69, 9.17) is 4.74 Å². The number of hydrogen-bond acceptors (Lipinski definition) is 3. The Labute approximate surface area is 85.7 Å². The zero-order valence-electron chi connectivity index (χ0n) is 8.36. The number of aromatic amines is 1. The van der Waals surface area contributed by atoms with E-state index < -0.39 is 0 Å². The molecule has 1 aliphatic carbocycles. The summed E-state index contributed by atoms with van der Waals surface area (Å²) < 4.78 is 6.36. The maximum Gasteiger partial charge on any atom is 0.315 e. The third-order valence-corrected chi connectivity index (χ3v) is 2.72. The van der Waals surface area contributed by atoms with Crippen LogP contribution in [0.15, 0.2) is 17.1 Å². The Morgan fingerprint density at radius 2 is 2.40 bits per heavy atom. The van der Waals surface area contributed by atoms with Crippen molar-refractivity contribution in [2.24, 2.45) is 0 Å². The van der Waals surface area contributed by atoms with Crippen LogP contribution in [0.25, 0.3) is 5.65 Å². The topological polar surface area (TPSA) is 59.4 Å². The van der Waals surface area contributed by atoms with E-state index in [1.807, 2.05) is 6.07 Å². The van der Waals surface area contributed by atoms with Crippen LogP contribution in [-0.4, -0.2) is 21.7 Å². The lowest BCUT2D eigenvalue weighted by molar-refractivity contribution is 0.404. The molecule has 1 N–H and O–H groups in total. The van der Waals surface area contributed by atoms with Crippen molar-refractivity contribution in [3.05, 3.63) is 28.3 Å². The van der Waals surface area contributed by atoms with Gasteiger partial charge in [0.1, 0.15) is 0 Å². The first-order valence-electron chi connectivity index (χ1n) is 4.94. The number of rotatable bonds is 2. The maximum absolute atomic E-state index is 11.8. The Hall–Kier alpha value is -1.78. The van der Waals surface area contributed by atoms with E-state index in [-0.39, 0.29) is 11.3 Å². The van der Waals surface area contributed by atoms with Crippen LogP contribution in [-0.2, 0) is 0 Å². The van der Waals surface area contributed by atoms with E-state index in [9.17, 15) is 4.79 Å². The molecule has 15 heavy (non-hydrogen) atoms. The van der Waals surface area contributed by atoms with Crippen LogP contribution in [0.1, 0.15) is 24.5 Å². The monoisotopic (exact) mass is 205 g/mol. The Morgan fingerprint density at radius 3 is 3.07 bits per heavy atom. The van der Waals surface area contributed by atoms with Gasteiger partial charge in [-0.3, -0.25) is 9.89 Å². The van der Waals surface area contributed by atoms with Crippen molar-refractivity contribution in [2.45, 2.75) is 18.8 Å². The predicted octanol–water partition coefficient (Wildman–Crippen LogP) is 0.909. The van der Waals surface area contributed by atoms with Gasteiger partial charge in [0, 0.05) is 17.7 Å². The lowest BCUT2D eigenvalue weighted by Gasteiger charge is -1.97. The van der Waals surface area contributed by atoms with E-state index in [1.165, 1.54) is 30.7 Å². The van der Waals surface area contributed by atoms with Crippen molar-refractivity contribution in [3.63, 3.8) is 0 Å². The van der Waals surface area contributed by atoms with E-state index in [1.54, 1.807) is 0 Å². The van der Waals surface area contributed by atoms with Crippen molar-refractivity contribution in [1.82, 2.24) is 14.6 Å². The molecule has 1 aliphatic rings. The second-order valence-corrected chi connectivity index (χ2v) is 3.81. The summed E-state index contributed by atoms with van der Waals surface area (Å²) in [6.45, 7) is 0. The summed E-state index contributed by atoms with van der Waals surface area (Å²) >= 11 is 0. The highest BCUT2D eigenvalue weighted by atomic mass is 16.5. The van der Waals surface area contributed by atoms with Crippen LogP contribution in [0, 0.1) is 0 Å². The summed E-state index contributed by atoms with van der Waals surface area (Å²) in [6, 6.07) is 1.93. The highest BCUT2D eigenvalue weighted by Crippen LogP contribution is 2.39. The van der Waals surface area contributed by atoms with Gasteiger partial charge < -0.3 is 4.74 Å². The van der Waals surface area contributed by atoms with Crippen LogP contribution >= 0.6 is 0 Å². The highest BCUT2D eigenvalue weighted by Gasteiger charge is 2.26. The maximum atomic E-state index is 11.8. The molecule has 0 bridgehead atoms. The standard InChI is InChI=1S/C10H11N3O2/c1-15-8-5-11-9-4-7(6-2-3-6)12-13(9)10(8)14/h4-6,12H,2-3H2,1H3. The van der Waals surface area contributed by atoms with Gasteiger partial charge in [-0.15, -0.1) is 0 Å². The molecular formula is C10H11N3O2. The van der Waals surface area contributed by atoms with Gasteiger partial charge in [-0.2, -0.15) is 4.52 Å². The van der Waals surface area contributed by atoms with Gasteiger partial charge in [0.15, 0.2) is 5.65 Å². The van der Waals surface area contributed by atoms with Gasteiger partial charge in [0.2, 0.25) is 5.75 Å². The van der Waals surface area contributed by atoms with Crippen LogP contribution in [0.3, 0.4) is 0 Å². The predicted molar refractivity (Wildman–Crippen MR) is 54.3 cm³/mol. The van der Waals surface area contributed by atoms with Gasteiger partial charge in [-0.1, -0.05) is 0 Å². The minimum atomic E-state index is -0.186. The molecule has 0 atom stereocenters. The molecule has 5 heteroatoms. The summed E-state index contributed by atoms with van der Waals surface area (Å²) in [5.74, 6) is 0.841. The fraction of sp³-hybridized carbons (Fsp3) is 0.400. The zero-order valence-corrected chi connectivity index (χ0v) is 8.36. The molecule has 1 fully saturated rings. The number of methoxy groups -OCH3 is 1. The molecule has 0 radical (unpaired) electrons. The number of ether oxygens (including phenoxy) is 1. The molecule has 0 aliphatic heterocycles. The molecule has 0 aromatic carbocycles. The molecule has 2 heterocycles. The van der Waals surface area contributed by atoms with Crippen molar-refractivity contribution in [2.75, 3.05) is 7.11 Å². The molecule has 2 aromatic rings. The Morgan fingerprint density at radius 1 is 1.60 bits per heavy atom. The van der Waals surface area contributed by atoms with Crippen LogP contribution in [0.4, 0.5) is 0 Å². The van der Waals surface area contributed by atoms with Crippen LogP contribution in [0.2, 0.25) is 0 Å². The summed E-state index contributed by atoms with van der Waals surface area (Å²) in [5.41, 5.74) is 1.56. The molecular weight excluding hydrogens is 194 g/mol. The van der Waals surface area contributed by atoms with Crippen molar-refractivity contribution < 1.29 is 4.74 Å². The number of nitrogens with one attached hydrogen (secondary N) is 1. The molecule has 0 unspecified atom stereocenters. The number of H-pyrrole nitrogens is 1. The number of hydrogen-bond donors (Lipinski definition) is 1. The van der Waals surface area contributed by atoms with Crippen molar-refractivity contribution in [3.8, 4) is 5.75 Å².